The SMILES string of the molecule is C=Cc1cc2c(s1)C(c1ccccc1)=NC(C)C1=N/C(=C\N3CCN(C)CC3)C(=O)N12. The summed E-state index contributed by atoms with van der Waals surface area (Å²) < 4.78 is 0. The van der Waals surface area contributed by atoms with Crippen LogP contribution in [0.5, 0.6) is 0 Å². The van der Waals surface area contributed by atoms with Gasteiger partial charge >= 0.3 is 0 Å². The van der Waals surface area contributed by atoms with E-state index in [-0.39, 0.29) is 11.9 Å². The van der Waals surface area contributed by atoms with Crippen LogP contribution in [0.3, 0.4) is 0 Å². The summed E-state index contributed by atoms with van der Waals surface area (Å²) in [7, 11) is 2.12. The first-order chi connectivity index (χ1) is 15.0. The molecule has 2 aromatic rings. The lowest BCUT2D eigenvalue weighted by Gasteiger charge is -2.31. The summed E-state index contributed by atoms with van der Waals surface area (Å²) in [5.41, 5.74) is 3.27. The topological polar surface area (TPSA) is 51.5 Å². The fraction of sp³-hybridized carbons (Fsp3) is 0.292. The Bertz CT molecular complexity index is 1120. The van der Waals surface area contributed by atoms with Crippen molar-refractivity contribution in [2.45, 2.75) is 13.0 Å². The first kappa shape index (κ1) is 19.9. The molecule has 1 amide bonds. The van der Waals surface area contributed by atoms with Gasteiger partial charge in [0.25, 0.3) is 5.91 Å². The molecule has 31 heavy (non-hydrogen) atoms. The fourth-order valence-corrected chi connectivity index (χ4v) is 5.12. The van der Waals surface area contributed by atoms with E-state index in [1.165, 1.54) is 0 Å². The minimum atomic E-state index is -0.232. The monoisotopic (exact) mass is 431 g/mol. The van der Waals surface area contributed by atoms with Gasteiger partial charge in [-0.1, -0.05) is 43.0 Å². The summed E-state index contributed by atoms with van der Waals surface area (Å²) in [6, 6.07) is 11.9. The summed E-state index contributed by atoms with van der Waals surface area (Å²) in [6.45, 7) is 9.69. The number of hydrogen-bond acceptors (Lipinski definition) is 6. The molecule has 0 saturated carbocycles. The molecule has 0 aliphatic carbocycles. The van der Waals surface area contributed by atoms with Gasteiger partial charge in [0.15, 0.2) is 0 Å². The number of aliphatic imine (C=N–C) groups is 2. The van der Waals surface area contributed by atoms with E-state index >= 15 is 0 Å². The third-order valence-corrected chi connectivity index (χ3v) is 6.99. The Hall–Kier alpha value is -3.03. The predicted octanol–water partition coefficient (Wildman–Crippen LogP) is 3.46. The quantitative estimate of drug-likeness (QED) is 0.700. The number of amidine groups is 1. The maximum atomic E-state index is 13.5. The van der Waals surface area contributed by atoms with Crippen LogP contribution in [0.2, 0.25) is 0 Å². The largest absolute Gasteiger partial charge is 0.373 e. The lowest BCUT2D eigenvalue weighted by molar-refractivity contribution is -0.114. The number of benzene rings is 1. The van der Waals surface area contributed by atoms with Crippen LogP contribution in [-0.2, 0) is 4.79 Å². The van der Waals surface area contributed by atoms with Crippen molar-refractivity contribution in [1.29, 1.82) is 0 Å². The first-order valence-electron chi connectivity index (χ1n) is 10.5. The number of likely N-dealkylation sites (N-methyl/N-ethyl adjacent to an activating group) is 1. The molecule has 1 atom stereocenters. The second-order valence-electron chi connectivity index (χ2n) is 8.05. The van der Waals surface area contributed by atoms with Crippen LogP contribution in [0.25, 0.3) is 6.08 Å². The molecule has 0 spiro atoms. The van der Waals surface area contributed by atoms with E-state index in [0.717, 1.165) is 52.9 Å². The Morgan fingerprint density at radius 2 is 1.90 bits per heavy atom. The van der Waals surface area contributed by atoms with Crippen molar-refractivity contribution >= 4 is 40.6 Å². The van der Waals surface area contributed by atoms with Gasteiger partial charge in [0, 0.05) is 42.8 Å². The molecule has 1 aromatic carbocycles. The van der Waals surface area contributed by atoms with Crippen molar-refractivity contribution in [2.24, 2.45) is 9.98 Å². The molecule has 158 valence electrons. The number of piperazine rings is 1. The number of carbonyl (C=O) groups is 1. The van der Waals surface area contributed by atoms with Gasteiger partial charge in [-0.2, -0.15) is 0 Å². The lowest BCUT2D eigenvalue weighted by atomic mass is 10.1. The number of nitrogens with zero attached hydrogens (tertiary/aromatic N) is 5. The van der Waals surface area contributed by atoms with Gasteiger partial charge in [-0.15, -0.1) is 11.3 Å². The van der Waals surface area contributed by atoms with Crippen LogP contribution in [0.15, 0.2) is 64.9 Å². The minimum absolute atomic E-state index is 0.0834. The average molecular weight is 432 g/mol. The van der Waals surface area contributed by atoms with Crippen molar-refractivity contribution in [3.8, 4) is 0 Å². The van der Waals surface area contributed by atoms with Gasteiger partial charge in [-0.25, -0.2) is 4.99 Å². The smallest absolute Gasteiger partial charge is 0.284 e. The zero-order chi connectivity index (χ0) is 21.5. The number of fused-ring (bicyclic) bond motifs is 3. The second-order valence-corrected chi connectivity index (χ2v) is 9.13. The van der Waals surface area contributed by atoms with Gasteiger partial charge < -0.3 is 9.80 Å². The van der Waals surface area contributed by atoms with Gasteiger partial charge in [0.1, 0.15) is 17.6 Å². The molecule has 5 rings (SSSR count). The van der Waals surface area contributed by atoms with Crippen LogP contribution in [-0.4, -0.2) is 66.5 Å². The maximum Gasteiger partial charge on any atom is 0.284 e. The summed E-state index contributed by atoms with van der Waals surface area (Å²) in [6.07, 6.45) is 3.75. The maximum absolute atomic E-state index is 13.5. The summed E-state index contributed by atoms with van der Waals surface area (Å²) in [5, 5.41) is 0. The number of hydrogen-bond donors (Lipinski definition) is 0. The Morgan fingerprint density at radius 1 is 1.16 bits per heavy atom. The molecule has 1 saturated heterocycles. The van der Waals surface area contributed by atoms with Gasteiger partial charge in [-0.05, 0) is 20.0 Å². The molecule has 0 radical (unpaired) electrons. The molecule has 6 nitrogen and oxygen atoms in total. The third kappa shape index (κ3) is 3.54. The van der Waals surface area contributed by atoms with E-state index in [2.05, 4.69) is 35.6 Å². The predicted molar refractivity (Wildman–Crippen MR) is 128 cm³/mol. The van der Waals surface area contributed by atoms with Crippen LogP contribution < -0.4 is 4.90 Å². The molecule has 3 aliphatic heterocycles. The van der Waals surface area contributed by atoms with Gasteiger partial charge in [0.2, 0.25) is 0 Å². The van der Waals surface area contributed by atoms with E-state index in [0.29, 0.717) is 11.5 Å². The van der Waals surface area contributed by atoms with Gasteiger partial charge in [0.05, 0.1) is 16.3 Å². The van der Waals surface area contributed by atoms with Crippen molar-refractivity contribution in [1.82, 2.24) is 9.80 Å². The summed E-state index contributed by atoms with van der Waals surface area (Å²) >= 11 is 1.61. The standard InChI is InChI=1S/C24H25N5OS/c1-4-18-14-20-22(31-18)21(17-8-6-5-7-9-17)25-16(2)23-26-19(24(30)29(20)23)15-28-12-10-27(3)11-13-28/h4-9,14-16H,1,10-13H2,2-3H3/b19-15-. The number of thiophene rings is 1. The zero-order valence-electron chi connectivity index (χ0n) is 17.8. The second kappa shape index (κ2) is 7.90. The highest BCUT2D eigenvalue weighted by atomic mass is 32.1. The first-order valence-corrected chi connectivity index (χ1v) is 11.3. The molecule has 1 aromatic heterocycles. The number of anilines is 1. The molecule has 0 N–H and O–H groups in total. The summed E-state index contributed by atoms with van der Waals surface area (Å²) in [5.74, 6) is 0.603. The Balaban J connectivity index is 1.60. The molecular weight excluding hydrogens is 406 g/mol. The molecule has 4 heterocycles. The molecule has 1 fully saturated rings. The molecule has 7 heteroatoms. The molecule has 0 bridgehead atoms. The van der Waals surface area contributed by atoms with E-state index in [4.69, 9.17) is 9.98 Å². The Labute approximate surface area is 186 Å². The Kier molecular flexibility index (Phi) is 5.08. The van der Waals surface area contributed by atoms with Crippen molar-refractivity contribution in [2.75, 3.05) is 38.1 Å². The van der Waals surface area contributed by atoms with E-state index in [1.807, 2.05) is 43.5 Å². The highest BCUT2D eigenvalue weighted by Crippen LogP contribution is 2.39. The zero-order valence-corrected chi connectivity index (χ0v) is 18.6. The van der Waals surface area contributed by atoms with E-state index in [1.54, 1.807) is 16.2 Å². The number of carbonyl (C=O) groups excluding carboxylic acids is 1. The minimum Gasteiger partial charge on any atom is -0.373 e. The Morgan fingerprint density at radius 3 is 2.61 bits per heavy atom. The van der Waals surface area contributed by atoms with Crippen molar-refractivity contribution in [3.63, 3.8) is 0 Å². The number of rotatable bonds is 3. The summed E-state index contributed by atoms with van der Waals surface area (Å²) in [4.78, 5) is 31.5. The average Bonchev–Trinajstić information content (AvgIpc) is 3.32. The van der Waals surface area contributed by atoms with Crippen LogP contribution in [0.4, 0.5) is 5.69 Å². The van der Waals surface area contributed by atoms with E-state index in [9.17, 15) is 4.79 Å². The molecule has 1 unspecified atom stereocenters. The highest BCUT2D eigenvalue weighted by molar-refractivity contribution is 7.16. The lowest BCUT2D eigenvalue weighted by Crippen LogP contribution is -2.42. The van der Waals surface area contributed by atoms with Gasteiger partial charge in [-0.3, -0.25) is 14.7 Å². The van der Waals surface area contributed by atoms with Crippen LogP contribution in [0, 0.1) is 0 Å². The van der Waals surface area contributed by atoms with Crippen molar-refractivity contribution < 1.29 is 4.79 Å². The highest BCUT2D eigenvalue weighted by Gasteiger charge is 2.39. The normalized spacial score (nSPS) is 22.7. The van der Waals surface area contributed by atoms with Crippen LogP contribution in [0.1, 0.15) is 22.2 Å². The van der Waals surface area contributed by atoms with Crippen LogP contribution >= 0.6 is 11.3 Å². The van der Waals surface area contributed by atoms with E-state index < -0.39 is 0 Å². The number of amides is 1. The molecular formula is C24H25N5OS. The fourth-order valence-electron chi connectivity index (χ4n) is 4.11. The van der Waals surface area contributed by atoms with Crippen molar-refractivity contribution in [3.05, 3.63) is 70.2 Å². The third-order valence-electron chi connectivity index (χ3n) is 5.86. The molecule has 3 aliphatic rings.